The standard InChI is InChI=1S/C24H32N4O3S/c1-17-14-27(15-18(2)31-17)16-19-8-10-28(11-9-19)24(30)26-21-6-3-5-20(13-21)25-23(29)22-7-4-12-32-22/h3-7,12-13,17-19H,8-11,14-16H2,1-2H3,(H,25,29)(H,26,30). The first-order valence-corrected chi connectivity index (χ1v) is 12.2. The lowest BCUT2D eigenvalue weighted by atomic mass is 9.96. The second-order valence-electron chi connectivity index (χ2n) is 8.85. The molecule has 1 aromatic carbocycles. The molecule has 1 aromatic heterocycles. The van der Waals surface area contributed by atoms with Gasteiger partial charge in [-0.25, -0.2) is 4.79 Å². The highest BCUT2D eigenvalue weighted by Crippen LogP contribution is 2.23. The van der Waals surface area contributed by atoms with Crippen LogP contribution in [-0.4, -0.2) is 66.7 Å². The molecule has 2 N–H and O–H groups in total. The van der Waals surface area contributed by atoms with Crippen molar-refractivity contribution < 1.29 is 14.3 Å². The van der Waals surface area contributed by atoms with Crippen LogP contribution in [0.5, 0.6) is 0 Å². The van der Waals surface area contributed by atoms with E-state index in [0.29, 0.717) is 22.2 Å². The lowest BCUT2D eigenvalue weighted by molar-refractivity contribution is -0.0728. The fraction of sp³-hybridized carbons (Fsp3) is 0.500. The predicted octanol–water partition coefficient (Wildman–Crippen LogP) is 4.35. The number of likely N-dealkylation sites (tertiary alicyclic amines) is 1. The zero-order valence-electron chi connectivity index (χ0n) is 18.8. The van der Waals surface area contributed by atoms with E-state index in [2.05, 4.69) is 29.4 Å². The van der Waals surface area contributed by atoms with E-state index in [9.17, 15) is 9.59 Å². The van der Waals surface area contributed by atoms with Crippen LogP contribution in [0.2, 0.25) is 0 Å². The molecule has 4 rings (SSSR count). The van der Waals surface area contributed by atoms with Crippen LogP contribution in [0, 0.1) is 5.92 Å². The van der Waals surface area contributed by atoms with Crippen molar-refractivity contribution in [2.45, 2.75) is 38.9 Å². The van der Waals surface area contributed by atoms with Crippen LogP contribution in [0.15, 0.2) is 41.8 Å². The van der Waals surface area contributed by atoms with Gasteiger partial charge in [0.1, 0.15) is 0 Å². The van der Waals surface area contributed by atoms with E-state index in [1.807, 2.05) is 34.5 Å². The van der Waals surface area contributed by atoms with Gasteiger partial charge in [0.05, 0.1) is 17.1 Å². The van der Waals surface area contributed by atoms with Crippen LogP contribution in [0.25, 0.3) is 0 Å². The maximum absolute atomic E-state index is 12.8. The monoisotopic (exact) mass is 456 g/mol. The summed E-state index contributed by atoms with van der Waals surface area (Å²) >= 11 is 1.40. The number of nitrogens with one attached hydrogen (secondary N) is 2. The number of amides is 3. The van der Waals surface area contributed by atoms with Gasteiger partial charge in [-0.2, -0.15) is 0 Å². The first-order valence-electron chi connectivity index (χ1n) is 11.3. The molecule has 2 aliphatic heterocycles. The van der Waals surface area contributed by atoms with Gasteiger partial charge in [-0.05, 0) is 62.3 Å². The highest BCUT2D eigenvalue weighted by molar-refractivity contribution is 7.12. The van der Waals surface area contributed by atoms with Gasteiger partial charge in [0.25, 0.3) is 5.91 Å². The van der Waals surface area contributed by atoms with Crippen LogP contribution >= 0.6 is 11.3 Å². The largest absolute Gasteiger partial charge is 0.373 e. The molecular weight excluding hydrogens is 424 g/mol. The summed E-state index contributed by atoms with van der Waals surface area (Å²) in [6, 6.07) is 10.8. The molecule has 7 nitrogen and oxygen atoms in total. The van der Waals surface area contributed by atoms with Gasteiger partial charge in [0.15, 0.2) is 0 Å². The maximum Gasteiger partial charge on any atom is 0.321 e. The molecule has 172 valence electrons. The summed E-state index contributed by atoms with van der Waals surface area (Å²) < 4.78 is 5.83. The van der Waals surface area contributed by atoms with E-state index in [1.165, 1.54) is 11.3 Å². The molecule has 2 saturated heterocycles. The summed E-state index contributed by atoms with van der Waals surface area (Å²) in [4.78, 5) is 30.1. The van der Waals surface area contributed by atoms with Crippen molar-refractivity contribution in [1.82, 2.24) is 9.80 Å². The highest BCUT2D eigenvalue weighted by atomic mass is 32.1. The number of urea groups is 1. The van der Waals surface area contributed by atoms with Crippen LogP contribution in [0.4, 0.5) is 16.2 Å². The van der Waals surface area contributed by atoms with Gasteiger partial charge in [0.2, 0.25) is 0 Å². The Hall–Kier alpha value is -2.42. The number of thiophene rings is 1. The third-order valence-corrected chi connectivity index (χ3v) is 6.90. The molecule has 2 unspecified atom stereocenters. The Labute approximate surface area is 193 Å². The first kappa shape index (κ1) is 22.8. The summed E-state index contributed by atoms with van der Waals surface area (Å²) in [6.45, 7) is 8.87. The second kappa shape index (κ2) is 10.5. The lowest BCUT2D eigenvalue weighted by Crippen LogP contribution is -2.49. The van der Waals surface area contributed by atoms with Crippen LogP contribution in [0.3, 0.4) is 0 Å². The normalized spacial score (nSPS) is 22.5. The number of carbonyl (C=O) groups excluding carboxylic acids is 2. The van der Waals surface area contributed by atoms with Gasteiger partial charge < -0.3 is 20.3 Å². The number of hydrogen-bond acceptors (Lipinski definition) is 5. The van der Waals surface area contributed by atoms with Gasteiger partial charge in [-0.15, -0.1) is 11.3 Å². The molecule has 0 bridgehead atoms. The third kappa shape index (κ3) is 6.09. The number of rotatable bonds is 5. The number of hydrogen-bond donors (Lipinski definition) is 2. The minimum absolute atomic E-state index is 0.0844. The van der Waals surface area contributed by atoms with E-state index in [-0.39, 0.29) is 24.1 Å². The van der Waals surface area contributed by atoms with Crippen molar-refractivity contribution in [1.29, 1.82) is 0 Å². The Morgan fingerprint density at radius 2 is 1.72 bits per heavy atom. The number of anilines is 2. The van der Waals surface area contributed by atoms with Crippen molar-refractivity contribution in [2.24, 2.45) is 5.92 Å². The molecule has 2 aliphatic rings. The number of morpholine rings is 1. The maximum atomic E-state index is 12.8. The first-order chi connectivity index (χ1) is 15.5. The Morgan fingerprint density at radius 1 is 1.03 bits per heavy atom. The molecule has 3 heterocycles. The van der Waals surface area contributed by atoms with Crippen LogP contribution < -0.4 is 10.6 Å². The minimum atomic E-state index is -0.144. The van der Waals surface area contributed by atoms with Crippen molar-refractivity contribution in [3.8, 4) is 0 Å². The molecule has 8 heteroatoms. The smallest absolute Gasteiger partial charge is 0.321 e. The molecular formula is C24H32N4O3S. The van der Waals surface area contributed by atoms with Crippen molar-refractivity contribution in [3.63, 3.8) is 0 Å². The molecule has 2 fully saturated rings. The molecule has 0 spiro atoms. The van der Waals surface area contributed by atoms with E-state index < -0.39 is 0 Å². The molecule has 0 aliphatic carbocycles. The summed E-state index contributed by atoms with van der Waals surface area (Å²) in [7, 11) is 0. The molecule has 2 atom stereocenters. The quantitative estimate of drug-likeness (QED) is 0.701. The number of ether oxygens (including phenoxy) is 1. The zero-order valence-corrected chi connectivity index (χ0v) is 19.6. The lowest BCUT2D eigenvalue weighted by Gasteiger charge is -2.39. The van der Waals surface area contributed by atoms with Crippen molar-refractivity contribution in [2.75, 3.05) is 43.4 Å². The zero-order chi connectivity index (χ0) is 22.5. The van der Waals surface area contributed by atoms with Gasteiger partial charge in [-0.1, -0.05) is 12.1 Å². The SMILES string of the molecule is CC1CN(CC2CCN(C(=O)Nc3cccc(NC(=O)c4cccs4)c3)CC2)CC(C)O1. The van der Waals surface area contributed by atoms with Crippen LogP contribution in [-0.2, 0) is 4.74 Å². The molecule has 3 amide bonds. The number of nitrogens with zero attached hydrogens (tertiary/aromatic N) is 2. The summed E-state index contributed by atoms with van der Waals surface area (Å²) in [6.07, 6.45) is 2.61. The fourth-order valence-electron chi connectivity index (χ4n) is 4.59. The Morgan fingerprint density at radius 3 is 2.38 bits per heavy atom. The topological polar surface area (TPSA) is 73.9 Å². The van der Waals surface area contributed by atoms with E-state index in [0.717, 1.165) is 45.6 Å². The molecule has 0 saturated carbocycles. The fourth-order valence-corrected chi connectivity index (χ4v) is 5.21. The second-order valence-corrected chi connectivity index (χ2v) is 9.80. The summed E-state index contributed by atoms with van der Waals surface area (Å²) in [5, 5.41) is 7.73. The Kier molecular flexibility index (Phi) is 7.44. The molecule has 32 heavy (non-hydrogen) atoms. The van der Waals surface area contributed by atoms with E-state index in [4.69, 9.17) is 4.74 Å². The number of piperidine rings is 1. The predicted molar refractivity (Wildman–Crippen MR) is 128 cm³/mol. The number of carbonyl (C=O) groups is 2. The average Bonchev–Trinajstić information content (AvgIpc) is 3.29. The van der Waals surface area contributed by atoms with E-state index >= 15 is 0 Å². The average molecular weight is 457 g/mol. The van der Waals surface area contributed by atoms with Gasteiger partial charge in [0, 0.05) is 44.1 Å². The minimum Gasteiger partial charge on any atom is -0.373 e. The highest BCUT2D eigenvalue weighted by Gasteiger charge is 2.28. The summed E-state index contributed by atoms with van der Waals surface area (Å²) in [5.41, 5.74) is 1.34. The van der Waals surface area contributed by atoms with Crippen molar-refractivity contribution in [3.05, 3.63) is 46.7 Å². The van der Waals surface area contributed by atoms with Crippen LogP contribution in [0.1, 0.15) is 36.4 Å². The van der Waals surface area contributed by atoms with Gasteiger partial charge >= 0.3 is 6.03 Å². The number of benzene rings is 1. The Bertz CT molecular complexity index is 902. The Balaban J connectivity index is 1.25. The molecule has 2 aromatic rings. The van der Waals surface area contributed by atoms with Gasteiger partial charge in [-0.3, -0.25) is 9.69 Å². The van der Waals surface area contributed by atoms with E-state index in [1.54, 1.807) is 12.1 Å². The third-order valence-electron chi connectivity index (χ3n) is 6.03. The molecule has 0 radical (unpaired) electrons. The summed E-state index contributed by atoms with van der Waals surface area (Å²) in [5.74, 6) is 0.474. The van der Waals surface area contributed by atoms with Crippen molar-refractivity contribution >= 4 is 34.6 Å².